The summed E-state index contributed by atoms with van der Waals surface area (Å²) in [4.78, 5) is 24.5. The molecule has 6 nitrogen and oxygen atoms in total. The largest absolute Gasteiger partial charge is 0.478 e. The van der Waals surface area contributed by atoms with E-state index in [0.717, 1.165) is 25.1 Å². The number of likely N-dealkylation sites (tertiary alicyclic amines) is 1. The van der Waals surface area contributed by atoms with Gasteiger partial charge in [-0.2, -0.15) is 0 Å². The van der Waals surface area contributed by atoms with Crippen molar-refractivity contribution in [1.82, 2.24) is 10.2 Å². The van der Waals surface area contributed by atoms with E-state index in [2.05, 4.69) is 5.32 Å². The highest BCUT2D eigenvalue weighted by Gasteiger charge is 2.24. The van der Waals surface area contributed by atoms with Gasteiger partial charge in [0.05, 0.1) is 5.56 Å². The van der Waals surface area contributed by atoms with E-state index in [0.29, 0.717) is 25.4 Å². The lowest BCUT2D eigenvalue weighted by atomic mass is 10.1. The minimum atomic E-state index is -0.932. The van der Waals surface area contributed by atoms with Crippen molar-refractivity contribution in [1.29, 1.82) is 0 Å². The average molecular weight is 291 g/mol. The highest BCUT2D eigenvalue weighted by molar-refractivity contribution is 5.87. The molecule has 0 aliphatic carbocycles. The third kappa shape index (κ3) is 4.19. The van der Waals surface area contributed by atoms with Gasteiger partial charge in [0.15, 0.2) is 0 Å². The molecule has 2 amide bonds. The molecule has 1 heterocycles. The summed E-state index contributed by atoms with van der Waals surface area (Å²) in [6.45, 7) is 2.66. The van der Waals surface area contributed by atoms with E-state index >= 15 is 0 Å². The van der Waals surface area contributed by atoms with E-state index in [1.54, 1.807) is 29.2 Å². The quantitative estimate of drug-likeness (QED) is 0.751. The zero-order chi connectivity index (χ0) is 15.2. The molecule has 0 saturated carbocycles. The number of nitrogens with two attached hydrogens (primary N) is 1. The Hall–Kier alpha value is -2.08. The Morgan fingerprint density at radius 3 is 2.62 bits per heavy atom. The molecule has 1 aromatic rings. The van der Waals surface area contributed by atoms with Crippen LogP contribution in [0.1, 0.15) is 22.3 Å². The SMILES string of the molecule is NCC1CCN(C(=O)NCCc2ccc(C(=O)O)cc2)C1. The number of benzene rings is 1. The number of amides is 2. The van der Waals surface area contributed by atoms with Gasteiger partial charge in [0.25, 0.3) is 0 Å². The van der Waals surface area contributed by atoms with Crippen molar-refractivity contribution in [3.8, 4) is 0 Å². The van der Waals surface area contributed by atoms with E-state index in [1.807, 2.05) is 0 Å². The first kappa shape index (κ1) is 15.3. The number of carbonyl (C=O) groups is 2. The van der Waals surface area contributed by atoms with Gasteiger partial charge in [-0.25, -0.2) is 9.59 Å². The highest BCUT2D eigenvalue weighted by atomic mass is 16.4. The second kappa shape index (κ2) is 7.08. The van der Waals surface area contributed by atoms with Crippen LogP contribution < -0.4 is 11.1 Å². The number of nitrogens with one attached hydrogen (secondary N) is 1. The maximum absolute atomic E-state index is 11.9. The van der Waals surface area contributed by atoms with Gasteiger partial charge >= 0.3 is 12.0 Å². The monoisotopic (exact) mass is 291 g/mol. The van der Waals surface area contributed by atoms with Crippen LogP contribution in [0.25, 0.3) is 0 Å². The fourth-order valence-electron chi connectivity index (χ4n) is 2.45. The number of nitrogens with zero attached hydrogens (tertiary/aromatic N) is 1. The van der Waals surface area contributed by atoms with Gasteiger partial charge in [-0.05, 0) is 43.0 Å². The van der Waals surface area contributed by atoms with Crippen molar-refractivity contribution in [2.45, 2.75) is 12.8 Å². The van der Waals surface area contributed by atoms with Gasteiger partial charge < -0.3 is 21.1 Å². The second-order valence-corrected chi connectivity index (χ2v) is 5.32. The Morgan fingerprint density at radius 2 is 2.05 bits per heavy atom. The van der Waals surface area contributed by atoms with Crippen molar-refractivity contribution < 1.29 is 14.7 Å². The van der Waals surface area contributed by atoms with Gasteiger partial charge in [-0.1, -0.05) is 12.1 Å². The lowest BCUT2D eigenvalue weighted by Crippen LogP contribution is -2.39. The molecule has 1 aromatic carbocycles. The summed E-state index contributed by atoms with van der Waals surface area (Å²) in [6.07, 6.45) is 1.65. The molecular weight excluding hydrogens is 270 g/mol. The Kier molecular flexibility index (Phi) is 5.16. The van der Waals surface area contributed by atoms with Gasteiger partial charge in [0, 0.05) is 19.6 Å². The summed E-state index contributed by atoms with van der Waals surface area (Å²) < 4.78 is 0. The number of carboxylic acids is 1. The van der Waals surface area contributed by atoms with E-state index in [4.69, 9.17) is 10.8 Å². The first-order valence-corrected chi connectivity index (χ1v) is 7.15. The average Bonchev–Trinajstić information content (AvgIpc) is 2.96. The first-order valence-electron chi connectivity index (χ1n) is 7.15. The Labute approximate surface area is 123 Å². The van der Waals surface area contributed by atoms with Crippen LogP contribution in [0.2, 0.25) is 0 Å². The van der Waals surface area contributed by atoms with Crippen LogP contribution in [-0.2, 0) is 6.42 Å². The number of hydrogen-bond donors (Lipinski definition) is 3. The van der Waals surface area contributed by atoms with Crippen LogP contribution in [0, 0.1) is 5.92 Å². The minimum Gasteiger partial charge on any atom is -0.478 e. The predicted octanol–water partition coefficient (Wildman–Crippen LogP) is 0.918. The number of carbonyl (C=O) groups excluding carboxylic acids is 1. The standard InChI is InChI=1S/C15H21N3O3/c16-9-12-6-8-18(10-12)15(21)17-7-5-11-1-3-13(4-2-11)14(19)20/h1-4,12H,5-10,16H2,(H,17,21)(H,19,20). The molecule has 1 atom stereocenters. The van der Waals surface area contributed by atoms with Gasteiger partial charge in [-0.3, -0.25) is 0 Å². The second-order valence-electron chi connectivity index (χ2n) is 5.32. The number of urea groups is 1. The fraction of sp³-hybridized carbons (Fsp3) is 0.467. The van der Waals surface area contributed by atoms with Crippen molar-refractivity contribution in [3.05, 3.63) is 35.4 Å². The van der Waals surface area contributed by atoms with Crippen LogP contribution >= 0.6 is 0 Å². The third-order valence-electron chi connectivity index (χ3n) is 3.80. The van der Waals surface area contributed by atoms with Crippen LogP contribution in [0.15, 0.2) is 24.3 Å². The maximum atomic E-state index is 11.9. The van der Waals surface area contributed by atoms with Gasteiger partial charge in [0.1, 0.15) is 0 Å². The Balaban J connectivity index is 1.74. The molecule has 0 bridgehead atoms. The lowest BCUT2D eigenvalue weighted by molar-refractivity contribution is 0.0697. The van der Waals surface area contributed by atoms with Gasteiger partial charge in [-0.15, -0.1) is 0 Å². The first-order chi connectivity index (χ1) is 10.1. The molecule has 114 valence electrons. The smallest absolute Gasteiger partial charge is 0.335 e. The number of aromatic carboxylic acids is 1. The van der Waals surface area contributed by atoms with Crippen LogP contribution in [0.4, 0.5) is 4.79 Å². The zero-order valence-electron chi connectivity index (χ0n) is 11.9. The molecule has 1 fully saturated rings. The van der Waals surface area contributed by atoms with E-state index in [-0.39, 0.29) is 11.6 Å². The molecule has 2 rings (SSSR count). The van der Waals surface area contributed by atoms with Crippen LogP contribution in [0.3, 0.4) is 0 Å². The van der Waals surface area contributed by atoms with E-state index < -0.39 is 5.97 Å². The lowest BCUT2D eigenvalue weighted by Gasteiger charge is -2.17. The summed E-state index contributed by atoms with van der Waals surface area (Å²) in [5.74, 6) is -0.516. The summed E-state index contributed by atoms with van der Waals surface area (Å²) in [6, 6.07) is 6.65. The minimum absolute atomic E-state index is 0.0480. The summed E-state index contributed by atoms with van der Waals surface area (Å²) in [5.41, 5.74) is 6.88. The Morgan fingerprint density at radius 1 is 1.33 bits per heavy atom. The molecule has 0 radical (unpaired) electrons. The molecule has 0 aromatic heterocycles. The van der Waals surface area contributed by atoms with Crippen molar-refractivity contribution >= 4 is 12.0 Å². The molecule has 1 aliphatic rings. The fourth-order valence-corrected chi connectivity index (χ4v) is 2.45. The molecule has 1 saturated heterocycles. The third-order valence-corrected chi connectivity index (χ3v) is 3.80. The normalized spacial score (nSPS) is 17.8. The number of carboxylic acid groups (broad SMARTS) is 1. The molecule has 4 N–H and O–H groups in total. The van der Waals surface area contributed by atoms with E-state index in [1.165, 1.54) is 0 Å². The van der Waals surface area contributed by atoms with E-state index in [9.17, 15) is 9.59 Å². The Bertz CT molecular complexity index is 501. The van der Waals surface area contributed by atoms with Crippen LogP contribution in [0.5, 0.6) is 0 Å². The summed E-state index contributed by atoms with van der Waals surface area (Å²) in [5, 5.41) is 11.7. The van der Waals surface area contributed by atoms with Crippen molar-refractivity contribution in [3.63, 3.8) is 0 Å². The topological polar surface area (TPSA) is 95.7 Å². The summed E-state index contributed by atoms with van der Waals surface area (Å²) >= 11 is 0. The predicted molar refractivity (Wildman–Crippen MR) is 79.2 cm³/mol. The van der Waals surface area contributed by atoms with Crippen LogP contribution in [-0.4, -0.2) is 48.2 Å². The molecule has 1 aliphatic heterocycles. The highest BCUT2D eigenvalue weighted by Crippen LogP contribution is 2.14. The molecule has 1 unspecified atom stereocenters. The number of hydrogen-bond acceptors (Lipinski definition) is 3. The molecule has 0 spiro atoms. The van der Waals surface area contributed by atoms with Gasteiger partial charge in [0.2, 0.25) is 0 Å². The number of rotatable bonds is 5. The molecular formula is C15H21N3O3. The molecule has 21 heavy (non-hydrogen) atoms. The summed E-state index contributed by atoms with van der Waals surface area (Å²) in [7, 11) is 0. The maximum Gasteiger partial charge on any atom is 0.335 e. The van der Waals surface area contributed by atoms with Crippen molar-refractivity contribution in [2.75, 3.05) is 26.2 Å². The molecule has 6 heteroatoms. The van der Waals surface area contributed by atoms with Crippen molar-refractivity contribution in [2.24, 2.45) is 11.7 Å². The zero-order valence-corrected chi connectivity index (χ0v) is 11.9.